The summed E-state index contributed by atoms with van der Waals surface area (Å²) in [6.45, 7) is 8.57. The van der Waals surface area contributed by atoms with Crippen LogP contribution in [0.5, 0.6) is 0 Å². The van der Waals surface area contributed by atoms with Crippen LogP contribution in [-0.4, -0.2) is 19.1 Å². The van der Waals surface area contributed by atoms with Gasteiger partial charge in [0.25, 0.3) is 0 Å². The summed E-state index contributed by atoms with van der Waals surface area (Å²) in [5.41, 5.74) is 12.0. The molecular formula is C36H34N4Pt. The molecule has 0 bridgehead atoms. The molecule has 5 heteroatoms. The summed E-state index contributed by atoms with van der Waals surface area (Å²) < 4.78 is 4.28. The number of nitrogens with zero attached hydrogens (tertiary/aromatic N) is 4. The molecule has 2 aromatic heterocycles. The van der Waals surface area contributed by atoms with Crippen LogP contribution < -0.4 is 0 Å². The zero-order valence-corrected chi connectivity index (χ0v) is 26.6. The van der Waals surface area contributed by atoms with E-state index >= 15 is 0 Å². The number of aryl methyl sites for hydroxylation is 4. The smallest absolute Gasteiger partial charge is 0.367 e. The number of hydrogen-bond donors (Lipinski definition) is 0. The molecule has 0 unspecified atom stereocenters. The van der Waals surface area contributed by atoms with Gasteiger partial charge in [0.2, 0.25) is 0 Å². The van der Waals surface area contributed by atoms with Gasteiger partial charge in [0.05, 0.1) is 23.0 Å². The van der Waals surface area contributed by atoms with Gasteiger partial charge in [-0.15, -0.1) is 71.8 Å². The van der Waals surface area contributed by atoms with E-state index in [2.05, 4.69) is 109 Å². The topological polar surface area (TPSA) is 35.6 Å². The van der Waals surface area contributed by atoms with Gasteiger partial charge in [-0.05, 0) is 49.9 Å². The van der Waals surface area contributed by atoms with Crippen molar-refractivity contribution in [2.45, 2.75) is 27.7 Å². The molecule has 0 atom stereocenters. The molecule has 0 amide bonds. The molecule has 0 radical (unpaired) electrons. The van der Waals surface area contributed by atoms with Gasteiger partial charge in [0, 0.05) is 37.6 Å². The van der Waals surface area contributed by atoms with E-state index in [4.69, 9.17) is 0 Å². The van der Waals surface area contributed by atoms with Crippen molar-refractivity contribution in [3.8, 4) is 45.3 Å². The van der Waals surface area contributed by atoms with E-state index in [-0.39, 0.29) is 21.1 Å². The minimum absolute atomic E-state index is 0. The third-order valence-electron chi connectivity index (χ3n) is 7.35. The molecule has 0 aliphatic rings. The quantitative estimate of drug-likeness (QED) is 0.172. The maximum atomic E-state index is 4.58. The predicted octanol–water partition coefficient (Wildman–Crippen LogP) is 8.34. The van der Waals surface area contributed by atoms with Crippen LogP contribution >= 0.6 is 0 Å². The maximum absolute atomic E-state index is 4.58. The van der Waals surface area contributed by atoms with E-state index in [0.29, 0.717) is 0 Å². The fourth-order valence-electron chi connectivity index (χ4n) is 5.29. The van der Waals surface area contributed by atoms with E-state index in [9.17, 15) is 0 Å². The normalized spacial score (nSPS) is 10.5. The van der Waals surface area contributed by atoms with Gasteiger partial charge < -0.3 is 9.13 Å². The van der Waals surface area contributed by atoms with Crippen LogP contribution in [0.3, 0.4) is 0 Å². The predicted molar refractivity (Wildman–Crippen MR) is 165 cm³/mol. The van der Waals surface area contributed by atoms with Crippen LogP contribution in [0.15, 0.2) is 97.3 Å². The van der Waals surface area contributed by atoms with Crippen LogP contribution in [0.1, 0.15) is 22.3 Å². The molecule has 2 heterocycles. The first kappa shape index (κ1) is 30.0. The van der Waals surface area contributed by atoms with Gasteiger partial charge >= 0.3 is 21.1 Å². The monoisotopic (exact) mass is 717 g/mol. The third kappa shape index (κ3) is 6.18. The van der Waals surface area contributed by atoms with Crippen LogP contribution in [0.4, 0.5) is 0 Å². The van der Waals surface area contributed by atoms with Crippen molar-refractivity contribution in [1.29, 1.82) is 0 Å². The Balaban J connectivity index is 0.000000184. The first-order valence-corrected chi connectivity index (χ1v) is 13.5. The molecule has 0 aliphatic heterocycles. The summed E-state index contributed by atoms with van der Waals surface area (Å²) in [5.74, 6) is 1.89. The van der Waals surface area contributed by atoms with Gasteiger partial charge in [-0.25, -0.2) is 0 Å². The summed E-state index contributed by atoms with van der Waals surface area (Å²) in [4.78, 5) is 9.15. The zero-order valence-electron chi connectivity index (χ0n) is 24.3. The largest absolute Gasteiger partial charge is 2.00 e. The number of rotatable bonds is 4. The minimum atomic E-state index is 0. The van der Waals surface area contributed by atoms with E-state index in [0.717, 1.165) is 34.2 Å². The van der Waals surface area contributed by atoms with Gasteiger partial charge in [0.15, 0.2) is 0 Å². The Hall–Kier alpha value is -4.01. The first-order chi connectivity index (χ1) is 19.4. The fourth-order valence-corrected chi connectivity index (χ4v) is 5.29. The SMILES string of the molecule is Cc1cccc(C)c1-c1cnc(-c2[c-]cccc2)n1C.Cc1cccc(C)c1-c1cnc(-c2[c-]cccc2)n1C.[Pt+2]. The Bertz CT molecular complexity index is 1580. The second kappa shape index (κ2) is 13.1. The summed E-state index contributed by atoms with van der Waals surface area (Å²) in [7, 11) is 4.12. The Kier molecular flexibility index (Phi) is 9.57. The standard InChI is InChI=1S/2C18H17N2.Pt/c2*1-13-8-7-9-14(2)17(13)16-12-19-18(20(16)3)15-10-5-4-6-11-15;/h2*4-10,12H,1-3H3;/q2*-1;+2. The second-order valence-electron chi connectivity index (χ2n) is 10.1. The fraction of sp³-hybridized carbons (Fsp3) is 0.167. The first-order valence-electron chi connectivity index (χ1n) is 13.5. The van der Waals surface area contributed by atoms with Gasteiger partial charge in [-0.3, -0.25) is 9.97 Å². The van der Waals surface area contributed by atoms with Crippen molar-refractivity contribution in [2.75, 3.05) is 0 Å². The molecule has 0 spiro atoms. The molecule has 0 saturated carbocycles. The summed E-state index contributed by atoms with van der Waals surface area (Å²) in [6, 6.07) is 35.1. The molecule has 4 aromatic carbocycles. The van der Waals surface area contributed by atoms with Crippen molar-refractivity contribution >= 4 is 0 Å². The maximum Gasteiger partial charge on any atom is 2.00 e. The third-order valence-corrected chi connectivity index (χ3v) is 7.35. The van der Waals surface area contributed by atoms with Crippen molar-refractivity contribution < 1.29 is 21.1 Å². The molecule has 0 fully saturated rings. The molecule has 0 N–H and O–H groups in total. The molecular weight excluding hydrogens is 684 g/mol. The van der Waals surface area contributed by atoms with E-state index in [1.54, 1.807) is 0 Å². The Labute approximate surface area is 258 Å². The van der Waals surface area contributed by atoms with Crippen molar-refractivity contribution in [3.63, 3.8) is 0 Å². The van der Waals surface area contributed by atoms with E-state index in [1.807, 2.05) is 60.9 Å². The molecule has 4 nitrogen and oxygen atoms in total. The van der Waals surface area contributed by atoms with E-state index in [1.165, 1.54) is 33.4 Å². The van der Waals surface area contributed by atoms with Crippen molar-refractivity contribution in [1.82, 2.24) is 19.1 Å². The number of imidazole rings is 2. The van der Waals surface area contributed by atoms with Crippen molar-refractivity contribution in [2.24, 2.45) is 14.1 Å². The molecule has 6 rings (SSSR count). The zero-order chi connectivity index (χ0) is 28.2. The molecule has 6 aromatic rings. The number of aromatic nitrogens is 4. The number of hydrogen-bond acceptors (Lipinski definition) is 2. The molecule has 0 aliphatic carbocycles. The second-order valence-corrected chi connectivity index (χ2v) is 10.1. The minimum Gasteiger partial charge on any atom is -0.367 e. The van der Waals surface area contributed by atoms with Gasteiger partial charge in [-0.1, -0.05) is 36.4 Å². The van der Waals surface area contributed by atoms with Crippen LogP contribution in [0, 0.1) is 39.8 Å². The molecule has 208 valence electrons. The van der Waals surface area contributed by atoms with Crippen LogP contribution in [0.2, 0.25) is 0 Å². The summed E-state index contributed by atoms with van der Waals surface area (Å²) >= 11 is 0. The van der Waals surface area contributed by atoms with Gasteiger partial charge in [0.1, 0.15) is 0 Å². The Morgan fingerprint density at radius 2 is 0.878 bits per heavy atom. The van der Waals surface area contributed by atoms with Crippen LogP contribution in [0.25, 0.3) is 45.3 Å². The molecule has 0 saturated heterocycles. The summed E-state index contributed by atoms with van der Waals surface area (Å²) in [6.07, 6.45) is 3.90. The Morgan fingerprint density at radius 1 is 0.512 bits per heavy atom. The molecule has 41 heavy (non-hydrogen) atoms. The van der Waals surface area contributed by atoms with Crippen molar-refractivity contribution in [3.05, 3.63) is 132 Å². The number of benzene rings is 4. The van der Waals surface area contributed by atoms with Crippen LogP contribution in [-0.2, 0) is 35.2 Å². The average molecular weight is 718 g/mol. The summed E-state index contributed by atoms with van der Waals surface area (Å²) in [5, 5.41) is 0. The average Bonchev–Trinajstić information content (AvgIpc) is 3.52. The van der Waals surface area contributed by atoms with Gasteiger partial charge in [-0.2, -0.15) is 0 Å². The Morgan fingerprint density at radius 3 is 1.20 bits per heavy atom. The van der Waals surface area contributed by atoms with E-state index < -0.39 is 0 Å².